The maximum absolute atomic E-state index is 13.0. The number of nitrogens with zero attached hydrogens (tertiary/aromatic N) is 1. The summed E-state index contributed by atoms with van der Waals surface area (Å²) in [6, 6.07) is 3.59. The van der Waals surface area contributed by atoms with Crippen molar-refractivity contribution in [3.05, 3.63) is 34.6 Å². The van der Waals surface area contributed by atoms with Gasteiger partial charge in [-0.2, -0.15) is 5.26 Å². The van der Waals surface area contributed by atoms with Crippen molar-refractivity contribution in [3.63, 3.8) is 0 Å². The predicted molar refractivity (Wildman–Crippen MR) is 46.7 cm³/mol. The van der Waals surface area contributed by atoms with E-state index in [0.717, 1.165) is 12.1 Å². The van der Waals surface area contributed by atoms with E-state index in [9.17, 15) is 14.0 Å². The molecule has 0 bridgehead atoms. The first-order chi connectivity index (χ1) is 6.61. The van der Waals surface area contributed by atoms with Gasteiger partial charge >= 0.3 is 0 Å². The molecule has 0 unspecified atom stereocenters. The zero-order valence-electron chi connectivity index (χ0n) is 6.75. The molecule has 1 aromatic carbocycles. The normalized spacial score (nSPS) is 9.21. The van der Waals surface area contributed by atoms with E-state index >= 15 is 0 Å². The van der Waals surface area contributed by atoms with Crippen LogP contribution in [-0.2, 0) is 0 Å². The van der Waals surface area contributed by atoms with Crippen molar-refractivity contribution in [1.29, 1.82) is 5.26 Å². The van der Waals surface area contributed by atoms with Crippen molar-refractivity contribution in [1.82, 2.24) is 0 Å². The molecule has 0 amide bonds. The van der Waals surface area contributed by atoms with Gasteiger partial charge in [0, 0.05) is 5.56 Å². The Kier molecular flexibility index (Phi) is 2.95. The fourth-order valence-electron chi connectivity index (χ4n) is 1.00. The molecule has 0 spiro atoms. The number of carbonyl (C=O) groups excluding carboxylic acids is 2. The van der Waals surface area contributed by atoms with Gasteiger partial charge in [-0.3, -0.25) is 9.59 Å². The van der Waals surface area contributed by atoms with Gasteiger partial charge in [0.05, 0.1) is 11.1 Å². The summed E-state index contributed by atoms with van der Waals surface area (Å²) in [6.45, 7) is 0. The summed E-state index contributed by atoms with van der Waals surface area (Å²) in [4.78, 5) is 21.2. The average Bonchev–Trinajstić information content (AvgIpc) is 2.16. The second-order valence-corrected chi connectivity index (χ2v) is 2.73. The van der Waals surface area contributed by atoms with Gasteiger partial charge in [-0.25, -0.2) is 4.39 Å². The molecule has 0 fully saturated rings. The lowest BCUT2D eigenvalue weighted by molar-refractivity contribution is 0.107. The molecule has 0 aliphatic rings. The average molecular weight is 212 g/mol. The first-order valence-electron chi connectivity index (χ1n) is 3.49. The highest BCUT2D eigenvalue weighted by Gasteiger charge is 2.17. The second-order valence-electron chi connectivity index (χ2n) is 2.39. The minimum atomic E-state index is -1.09. The summed E-state index contributed by atoms with van der Waals surface area (Å²) in [6.07, 6.45) is 0.362. The van der Waals surface area contributed by atoms with E-state index < -0.39 is 16.6 Å². The molecule has 5 heteroatoms. The Morgan fingerprint density at radius 1 is 1.57 bits per heavy atom. The van der Waals surface area contributed by atoms with Crippen LogP contribution in [0.2, 0.25) is 0 Å². The third-order valence-corrected chi connectivity index (χ3v) is 1.81. The highest BCUT2D eigenvalue weighted by molar-refractivity contribution is 6.68. The third-order valence-electron chi connectivity index (χ3n) is 1.62. The quantitative estimate of drug-likeness (QED) is 0.554. The second kappa shape index (κ2) is 3.99. The minimum Gasteiger partial charge on any atom is -0.298 e. The van der Waals surface area contributed by atoms with Crippen molar-refractivity contribution >= 4 is 23.1 Å². The van der Waals surface area contributed by atoms with Crippen LogP contribution in [0.1, 0.15) is 26.3 Å². The standard InChI is InChI=1S/C9H3ClFNO2/c10-9(14)8-6(3-12)5(4-13)1-2-7(8)11/h1-2,4H. The molecule has 0 atom stereocenters. The van der Waals surface area contributed by atoms with Gasteiger partial charge in [0.1, 0.15) is 11.9 Å². The van der Waals surface area contributed by atoms with Gasteiger partial charge in [-0.05, 0) is 23.7 Å². The van der Waals surface area contributed by atoms with Crippen LogP contribution in [0.3, 0.4) is 0 Å². The van der Waals surface area contributed by atoms with Crippen molar-refractivity contribution in [2.24, 2.45) is 0 Å². The molecular formula is C9H3ClFNO2. The van der Waals surface area contributed by atoms with Crippen LogP contribution in [0.25, 0.3) is 0 Å². The highest BCUT2D eigenvalue weighted by atomic mass is 35.5. The number of aldehydes is 1. The summed E-state index contributed by atoms with van der Waals surface area (Å²) < 4.78 is 13.0. The Morgan fingerprint density at radius 2 is 2.21 bits per heavy atom. The summed E-state index contributed by atoms with van der Waals surface area (Å²) in [5.74, 6) is -0.910. The fourth-order valence-corrected chi connectivity index (χ4v) is 1.19. The van der Waals surface area contributed by atoms with E-state index in [2.05, 4.69) is 0 Å². The predicted octanol–water partition coefficient (Wildman–Crippen LogP) is 1.89. The summed E-state index contributed by atoms with van der Waals surface area (Å²) in [5.41, 5.74) is -0.948. The molecule has 0 aromatic heterocycles. The van der Waals surface area contributed by atoms with Gasteiger partial charge in [0.25, 0.3) is 5.24 Å². The first-order valence-corrected chi connectivity index (χ1v) is 3.87. The van der Waals surface area contributed by atoms with Crippen LogP contribution < -0.4 is 0 Å². The molecule has 0 aliphatic carbocycles. The van der Waals surface area contributed by atoms with Crippen LogP contribution in [-0.4, -0.2) is 11.5 Å². The zero-order chi connectivity index (χ0) is 10.7. The van der Waals surface area contributed by atoms with E-state index in [1.54, 1.807) is 6.07 Å². The minimum absolute atomic E-state index is 0.0575. The summed E-state index contributed by atoms with van der Waals surface area (Å²) in [7, 11) is 0. The van der Waals surface area contributed by atoms with E-state index in [1.807, 2.05) is 0 Å². The number of hydrogen-bond acceptors (Lipinski definition) is 3. The molecule has 14 heavy (non-hydrogen) atoms. The molecule has 0 aliphatic heterocycles. The lowest BCUT2D eigenvalue weighted by atomic mass is 10.0. The monoisotopic (exact) mass is 211 g/mol. The fraction of sp³-hybridized carbons (Fsp3) is 0. The van der Waals surface area contributed by atoms with E-state index in [-0.39, 0.29) is 11.1 Å². The van der Waals surface area contributed by atoms with Crippen LogP contribution in [0.5, 0.6) is 0 Å². The Bertz CT molecular complexity index is 451. The molecule has 0 radical (unpaired) electrons. The Balaban J connectivity index is 3.61. The van der Waals surface area contributed by atoms with Crippen molar-refractivity contribution in [2.45, 2.75) is 0 Å². The van der Waals surface area contributed by atoms with Crippen LogP contribution in [0, 0.1) is 17.1 Å². The Labute approximate surface area is 83.7 Å². The van der Waals surface area contributed by atoms with Crippen molar-refractivity contribution in [3.8, 4) is 6.07 Å². The lowest BCUT2D eigenvalue weighted by Crippen LogP contribution is -2.02. The maximum Gasteiger partial charge on any atom is 0.256 e. The van der Waals surface area contributed by atoms with Crippen LogP contribution in [0.15, 0.2) is 12.1 Å². The molecular weight excluding hydrogens is 209 g/mol. The summed E-state index contributed by atoms with van der Waals surface area (Å²) in [5, 5.41) is 7.52. The Morgan fingerprint density at radius 3 is 2.64 bits per heavy atom. The Hall–Kier alpha value is -1.73. The highest BCUT2D eigenvalue weighted by Crippen LogP contribution is 2.18. The molecule has 0 saturated carbocycles. The van der Waals surface area contributed by atoms with Gasteiger partial charge in [-0.15, -0.1) is 0 Å². The van der Waals surface area contributed by atoms with Crippen LogP contribution >= 0.6 is 11.6 Å². The number of carbonyl (C=O) groups is 2. The largest absolute Gasteiger partial charge is 0.298 e. The van der Waals surface area contributed by atoms with Gasteiger partial charge in [-0.1, -0.05) is 0 Å². The maximum atomic E-state index is 13.0. The molecule has 0 heterocycles. The van der Waals surface area contributed by atoms with Gasteiger partial charge in [0.15, 0.2) is 6.29 Å². The van der Waals surface area contributed by atoms with Crippen molar-refractivity contribution in [2.75, 3.05) is 0 Å². The molecule has 0 saturated heterocycles. The number of rotatable bonds is 2. The summed E-state index contributed by atoms with van der Waals surface area (Å²) >= 11 is 5.08. The number of halogens is 2. The lowest BCUT2D eigenvalue weighted by Gasteiger charge is -2.01. The van der Waals surface area contributed by atoms with Crippen LogP contribution in [0.4, 0.5) is 4.39 Å². The molecule has 70 valence electrons. The molecule has 0 N–H and O–H groups in total. The third kappa shape index (κ3) is 1.63. The number of nitriles is 1. The SMILES string of the molecule is N#Cc1c(C=O)ccc(F)c1C(=O)Cl. The number of benzene rings is 1. The number of hydrogen-bond donors (Lipinski definition) is 0. The van der Waals surface area contributed by atoms with E-state index in [0.29, 0.717) is 6.29 Å². The smallest absolute Gasteiger partial charge is 0.256 e. The van der Waals surface area contributed by atoms with Gasteiger partial charge in [0.2, 0.25) is 0 Å². The van der Waals surface area contributed by atoms with Crippen molar-refractivity contribution < 1.29 is 14.0 Å². The topological polar surface area (TPSA) is 57.9 Å². The molecule has 3 nitrogen and oxygen atoms in total. The molecule has 1 aromatic rings. The molecule has 1 rings (SSSR count). The first kappa shape index (κ1) is 10.4. The van der Waals surface area contributed by atoms with Gasteiger partial charge < -0.3 is 0 Å². The van der Waals surface area contributed by atoms with E-state index in [4.69, 9.17) is 16.9 Å². The zero-order valence-corrected chi connectivity index (χ0v) is 7.51. The van der Waals surface area contributed by atoms with E-state index in [1.165, 1.54) is 0 Å².